The maximum absolute atomic E-state index is 13.4. The van der Waals surface area contributed by atoms with Crippen molar-refractivity contribution in [2.45, 2.75) is 31.6 Å². The average Bonchev–Trinajstić information content (AvgIpc) is 2.43. The first-order valence-corrected chi connectivity index (χ1v) is 7.72. The van der Waals surface area contributed by atoms with Gasteiger partial charge >= 0.3 is 0 Å². The summed E-state index contributed by atoms with van der Waals surface area (Å²) >= 11 is 1.66. The van der Waals surface area contributed by atoms with E-state index in [1.165, 1.54) is 6.07 Å². The van der Waals surface area contributed by atoms with Gasteiger partial charge in [-0.2, -0.15) is 0 Å². The van der Waals surface area contributed by atoms with Crippen LogP contribution in [-0.2, 0) is 0 Å². The minimum absolute atomic E-state index is 0.0293. The lowest BCUT2D eigenvalue weighted by Crippen LogP contribution is -2.22. The molecule has 2 aromatic rings. The molecule has 2 nitrogen and oxygen atoms in total. The summed E-state index contributed by atoms with van der Waals surface area (Å²) in [6, 6.07) is 15.0. The van der Waals surface area contributed by atoms with E-state index >= 15 is 0 Å². The summed E-state index contributed by atoms with van der Waals surface area (Å²) in [5.74, 6) is -0.381. The van der Waals surface area contributed by atoms with E-state index in [0.29, 0.717) is 0 Å². The number of nitrogens with two attached hydrogens (primary N) is 1. The second-order valence-corrected chi connectivity index (χ2v) is 7.62. The molecule has 0 fully saturated rings. The molecule has 1 atom stereocenters. The van der Waals surface area contributed by atoms with Crippen LogP contribution in [-0.4, -0.2) is 4.75 Å². The monoisotopic (exact) mass is 304 g/mol. The smallest absolute Gasteiger partial charge is 0.146 e. The Morgan fingerprint density at radius 2 is 1.71 bits per heavy atom. The number of halogens is 1. The fourth-order valence-corrected chi connectivity index (χ4v) is 2.70. The summed E-state index contributed by atoms with van der Waals surface area (Å²) in [7, 11) is 0. The van der Waals surface area contributed by atoms with Gasteiger partial charge in [0.2, 0.25) is 0 Å². The number of nitrogen functional groups attached to an aromatic ring is 1. The molecule has 0 radical (unpaired) electrons. The Bertz CT molecular complexity index is 593. The number of benzene rings is 2. The quantitative estimate of drug-likeness (QED) is 0.643. The molecule has 0 bridgehead atoms. The highest BCUT2D eigenvalue weighted by Crippen LogP contribution is 2.30. The molecule has 0 aliphatic heterocycles. The van der Waals surface area contributed by atoms with E-state index in [-0.39, 0.29) is 22.3 Å². The third-order valence-corrected chi connectivity index (χ3v) is 3.94. The number of rotatable bonds is 4. The molecule has 0 saturated heterocycles. The molecule has 4 heteroatoms. The van der Waals surface area contributed by atoms with Crippen LogP contribution in [0.15, 0.2) is 48.5 Å². The summed E-state index contributed by atoms with van der Waals surface area (Å²) < 4.78 is 16.9. The molecule has 3 N–H and O–H groups in total. The minimum atomic E-state index is -0.381. The Hall–Kier alpha value is -1.52. The molecule has 112 valence electrons. The molecule has 0 saturated carbocycles. The van der Waals surface area contributed by atoms with E-state index in [9.17, 15) is 4.39 Å². The van der Waals surface area contributed by atoms with E-state index in [0.717, 1.165) is 11.1 Å². The van der Waals surface area contributed by atoms with Crippen molar-refractivity contribution in [1.29, 1.82) is 0 Å². The van der Waals surface area contributed by atoms with Gasteiger partial charge in [-0.3, -0.25) is 4.72 Å². The third kappa shape index (κ3) is 4.48. The van der Waals surface area contributed by atoms with Gasteiger partial charge < -0.3 is 5.73 Å². The first kappa shape index (κ1) is 15.9. The first-order valence-electron chi connectivity index (χ1n) is 6.90. The van der Waals surface area contributed by atoms with Gasteiger partial charge in [0.1, 0.15) is 5.82 Å². The molecule has 0 aliphatic rings. The van der Waals surface area contributed by atoms with Crippen molar-refractivity contribution >= 4 is 17.6 Å². The largest absolute Gasteiger partial charge is 0.396 e. The van der Waals surface area contributed by atoms with E-state index in [1.807, 2.05) is 18.2 Å². The van der Waals surface area contributed by atoms with Crippen molar-refractivity contribution in [3.8, 4) is 0 Å². The molecule has 21 heavy (non-hydrogen) atoms. The molecular weight excluding hydrogens is 283 g/mol. The molecular formula is C17H21FN2S. The van der Waals surface area contributed by atoms with Crippen molar-refractivity contribution < 1.29 is 4.39 Å². The lowest BCUT2D eigenvalue weighted by atomic mass is 9.99. The molecule has 0 aliphatic carbocycles. The van der Waals surface area contributed by atoms with Gasteiger partial charge in [0, 0.05) is 4.75 Å². The van der Waals surface area contributed by atoms with Crippen LogP contribution in [0.4, 0.5) is 10.1 Å². The lowest BCUT2D eigenvalue weighted by molar-refractivity contribution is 0.630. The van der Waals surface area contributed by atoms with Crippen LogP contribution in [0.5, 0.6) is 0 Å². The third-order valence-electron chi connectivity index (χ3n) is 2.97. The average molecular weight is 304 g/mol. The van der Waals surface area contributed by atoms with Crippen LogP contribution in [0.25, 0.3) is 0 Å². The fraction of sp³-hybridized carbons (Fsp3) is 0.294. The first-order chi connectivity index (χ1) is 9.87. The van der Waals surface area contributed by atoms with Crippen molar-refractivity contribution in [2.24, 2.45) is 0 Å². The van der Waals surface area contributed by atoms with Gasteiger partial charge in [-0.1, -0.05) is 48.3 Å². The van der Waals surface area contributed by atoms with Crippen LogP contribution in [0.1, 0.15) is 37.9 Å². The predicted molar refractivity (Wildman–Crippen MR) is 89.6 cm³/mol. The predicted octanol–water partition coefficient (Wildman–Crippen LogP) is 4.53. The number of anilines is 1. The van der Waals surface area contributed by atoms with Gasteiger partial charge in [-0.05, 0) is 44.0 Å². The molecule has 0 heterocycles. The molecule has 2 rings (SSSR count). The molecule has 1 unspecified atom stereocenters. The molecule has 0 spiro atoms. The topological polar surface area (TPSA) is 38.0 Å². The van der Waals surface area contributed by atoms with Gasteiger partial charge in [0.15, 0.2) is 0 Å². The fourth-order valence-electron chi connectivity index (χ4n) is 1.95. The zero-order chi connectivity index (χ0) is 15.5. The van der Waals surface area contributed by atoms with Gasteiger partial charge in [-0.25, -0.2) is 4.39 Å². The summed E-state index contributed by atoms with van der Waals surface area (Å²) in [5, 5.41) is 0. The summed E-state index contributed by atoms with van der Waals surface area (Å²) in [6.07, 6.45) is 0. The Balaban J connectivity index is 2.33. The number of hydrogen-bond donors (Lipinski definition) is 2. The Morgan fingerprint density at radius 1 is 1.05 bits per heavy atom. The summed E-state index contributed by atoms with van der Waals surface area (Å²) in [4.78, 5) is 0. The molecule has 0 aromatic heterocycles. The van der Waals surface area contributed by atoms with Crippen molar-refractivity contribution in [1.82, 2.24) is 4.72 Å². The van der Waals surface area contributed by atoms with E-state index < -0.39 is 0 Å². The van der Waals surface area contributed by atoms with Gasteiger partial charge in [0.25, 0.3) is 0 Å². The van der Waals surface area contributed by atoms with Crippen LogP contribution in [0, 0.1) is 5.82 Å². The van der Waals surface area contributed by atoms with E-state index in [4.69, 9.17) is 5.73 Å². The van der Waals surface area contributed by atoms with Crippen molar-refractivity contribution in [3.05, 3.63) is 65.5 Å². The maximum Gasteiger partial charge on any atom is 0.146 e. The van der Waals surface area contributed by atoms with Crippen LogP contribution >= 0.6 is 11.9 Å². The Morgan fingerprint density at radius 3 is 2.29 bits per heavy atom. The number of nitrogens with one attached hydrogen (secondary N) is 1. The molecule has 0 amide bonds. The maximum atomic E-state index is 13.4. The highest BCUT2D eigenvalue weighted by Gasteiger charge is 2.19. The summed E-state index contributed by atoms with van der Waals surface area (Å²) in [6.45, 7) is 6.43. The van der Waals surface area contributed by atoms with Crippen LogP contribution < -0.4 is 10.5 Å². The second-order valence-electron chi connectivity index (χ2n) is 5.96. The van der Waals surface area contributed by atoms with E-state index in [1.54, 1.807) is 24.1 Å². The highest BCUT2D eigenvalue weighted by molar-refractivity contribution is 7.98. The Labute approximate surface area is 130 Å². The zero-order valence-corrected chi connectivity index (χ0v) is 13.4. The SMILES string of the molecule is CC(C)(C)SNC(c1ccccc1)c1ccc(F)c(N)c1. The van der Waals surface area contributed by atoms with Crippen LogP contribution in [0.3, 0.4) is 0 Å². The highest BCUT2D eigenvalue weighted by atomic mass is 32.2. The lowest BCUT2D eigenvalue weighted by Gasteiger charge is -2.25. The van der Waals surface area contributed by atoms with Crippen LogP contribution in [0.2, 0.25) is 0 Å². The van der Waals surface area contributed by atoms with E-state index in [2.05, 4.69) is 37.6 Å². The second kappa shape index (κ2) is 6.50. The summed E-state index contributed by atoms with van der Waals surface area (Å²) in [5.41, 5.74) is 7.97. The Kier molecular flexibility index (Phi) is 4.91. The molecule has 2 aromatic carbocycles. The van der Waals surface area contributed by atoms with Gasteiger partial charge in [0.05, 0.1) is 11.7 Å². The number of hydrogen-bond acceptors (Lipinski definition) is 3. The van der Waals surface area contributed by atoms with Gasteiger partial charge in [-0.15, -0.1) is 0 Å². The zero-order valence-electron chi connectivity index (χ0n) is 12.6. The van der Waals surface area contributed by atoms with Crippen molar-refractivity contribution in [2.75, 3.05) is 5.73 Å². The minimum Gasteiger partial charge on any atom is -0.396 e. The normalized spacial score (nSPS) is 13.1. The standard InChI is InChI=1S/C17H21FN2S/c1-17(2,3)21-20-16(12-7-5-4-6-8-12)13-9-10-14(18)15(19)11-13/h4-11,16,20H,19H2,1-3H3. The van der Waals surface area contributed by atoms with Crippen molar-refractivity contribution in [3.63, 3.8) is 0 Å².